The number of rotatable bonds is 5. The van der Waals surface area contributed by atoms with Gasteiger partial charge in [0.15, 0.2) is 0 Å². The molecule has 32 heavy (non-hydrogen) atoms. The Balaban J connectivity index is 1.44. The number of amides is 2. The average molecular weight is 442 g/mol. The number of anilines is 2. The van der Waals surface area contributed by atoms with E-state index < -0.39 is 17.6 Å². The first kappa shape index (κ1) is 21.6. The number of aryl methyl sites for hydroxylation is 2. The number of halogens is 3. The summed E-state index contributed by atoms with van der Waals surface area (Å²) in [4.78, 5) is 25.3. The summed E-state index contributed by atoms with van der Waals surface area (Å²) in [6.07, 6.45) is -0.130. The second-order valence-electron chi connectivity index (χ2n) is 7.95. The SMILES string of the molecule is Cc1ccc(C(=O)Nc2cccc(C(F)(F)F)c2)cc1NC(=O)[C@@H]1C[C@H]1c1cnn(C)c1. The van der Waals surface area contributed by atoms with Crippen LogP contribution in [0, 0.1) is 12.8 Å². The predicted octanol–water partition coefficient (Wildman–Crippen LogP) is 4.74. The van der Waals surface area contributed by atoms with Crippen LogP contribution in [0.15, 0.2) is 54.9 Å². The van der Waals surface area contributed by atoms with E-state index in [1.807, 2.05) is 13.2 Å². The van der Waals surface area contributed by atoms with Crippen LogP contribution in [-0.4, -0.2) is 21.6 Å². The Morgan fingerprint density at radius 1 is 1.12 bits per heavy atom. The molecule has 0 unspecified atom stereocenters. The van der Waals surface area contributed by atoms with E-state index in [4.69, 9.17) is 0 Å². The van der Waals surface area contributed by atoms with Crippen molar-refractivity contribution in [1.82, 2.24) is 9.78 Å². The third kappa shape index (κ3) is 4.66. The van der Waals surface area contributed by atoms with Gasteiger partial charge in [-0.05, 0) is 60.7 Å². The van der Waals surface area contributed by atoms with Crippen molar-refractivity contribution in [2.45, 2.75) is 25.4 Å². The molecule has 3 aromatic rings. The van der Waals surface area contributed by atoms with Gasteiger partial charge in [-0.15, -0.1) is 0 Å². The molecule has 2 amide bonds. The summed E-state index contributed by atoms with van der Waals surface area (Å²) in [5.41, 5.74) is 1.69. The molecule has 0 bridgehead atoms. The molecule has 4 rings (SSSR count). The van der Waals surface area contributed by atoms with E-state index in [9.17, 15) is 22.8 Å². The molecule has 1 saturated carbocycles. The summed E-state index contributed by atoms with van der Waals surface area (Å²) in [7, 11) is 1.82. The fourth-order valence-electron chi connectivity index (χ4n) is 3.58. The van der Waals surface area contributed by atoms with Gasteiger partial charge in [0.05, 0.1) is 11.8 Å². The van der Waals surface area contributed by atoms with Crippen molar-refractivity contribution in [2.24, 2.45) is 13.0 Å². The number of nitrogens with one attached hydrogen (secondary N) is 2. The van der Waals surface area contributed by atoms with E-state index in [0.717, 1.165) is 29.7 Å². The van der Waals surface area contributed by atoms with Crippen LogP contribution in [-0.2, 0) is 18.0 Å². The lowest BCUT2D eigenvalue weighted by Gasteiger charge is -2.12. The Bertz CT molecular complexity index is 1190. The second-order valence-corrected chi connectivity index (χ2v) is 7.95. The normalized spacial score (nSPS) is 17.7. The number of aromatic nitrogens is 2. The second kappa shape index (κ2) is 8.14. The van der Waals surface area contributed by atoms with Gasteiger partial charge >= 0.3 is 6.18 Å². The van der Waals surface area contributed by atoms with E-state index in [0.29, 0.717) is 5.69 Å². The molecule has 0 aliphatic heterocycles. The van der Waals surface area contributed by atoms with Gasteiger partial charge in [0.2, 0.25) is 5.91 Å². The smallest absolute Gasteiger partial charge is 0.326 e. The molecular formula is C23H21F3N4O2. The lowest BCUT2D eigenvalue weighted by molar-refractivity contribution is -0.137. The standard InChI is InChI=1S/C23H21F3N4O2/c1-13-6-7-14(21(31)28-17-5-3-4-16(9-17)23(24,25)26)8-20(13)29-22(32)19-10-18(19)15-11-27-30(2)12-15/h3-9,11-12,18-19H,10H2,1-2H3,(H,28,31)(H,29,32)/t18-,19+/m0/s1. The van der Waals surface area contributed by atoms with Crippen LogP contribution in [0.5, 0.6) is 0 Å². The van der Waals surface area contributed by atoms with Crippen LogP contribution in [0.1, 0.15) is 39.4 Å². The molecule has 6 nitrogen and oxygen atoms in total. The number of nitrogens with zero attached hydrogens (tertiary/aromatic N) is 2. The minimum atomic E-state index is -4.50. The maximum absolute atomic E-state index is 12.9. The molecule has 9 heteroatoms. The molecule has 166 valence electrons. The summed E-state index contributed by atoms with van der Waals surface area (Å²) in [5.74, 6) is -0.755. The van der Waals surface area contributed by atoms with E-state index in [-0.39, 0.29) is 29.0 Å². The van der Waals surface area contributed by atoms with Gasteiger partial charge in [-0.3, -0.25) is 14.3 Å². The molecule has 2 aromatic carbocycles. The Morgan fingerprint density at radius 2 is 1.91 bits per heavy atom. The van der Waals surface area contributed by atoms with Crippen LogP contribution in [0.4, 0.5) is 24.5 Å². The summed E-state index contributed by atoms with van der Waals surface area (Å²) in [5, 5.41) is 9.48. The van der Waals surface area contributed by atoms with Gasteiger partial charge in [-0.25, -0.2) is 0 Å². The molecule has 2 atom stereocenters. The van der Waals surface area contributed by atoms with Gasteiger partial charge in [-0.2, -0.15) is 18.3 Å². The third-order valence-electron chi connectivity index (χ3n) is 5.49. The van der Waals surface area contributed by atoms with Crippen molar-refractivity contribution in [3.63, 3.8) is 0 Å². The highest BCUT2D eigenvalue weighted by molar-refractivity contribution is 6.06. The number of alkyl halides is 3. The molecule has 1 heterocycles. The van der Waals surface area contributed by atoms with E-state index in [1.165, 1.54) is 18.2 Å². The highest BCUT2D eigenvalue weighted by atomic mass is 19.4. The number of benzene rings is 2. The van der Waals surface area contributed by atoms with Crippen LogP contribution >= 0.6 is 0 Å². The molecule has 1 aliphatic carbocycles. The molecule has 1 aliphatic rings. The number of hydrogen-bond donors (Lipinski definition) is 2. The van der Waals surface area contributed by atoms with Crippen LogP contribution in [0.25, 0.3) is 0 Å². The van der Waals surface area contributed by atoms with Crippen molar-refractivity contribution in [1.29, 1.82) is 0 Å². The summed E-state index contributed by atoms with van der Waals surface area (Å²) < 4.78 is 40.4. The molecule has 1 fully saturated rings. The number of hydrogen-bond acceptors (Lipinski definition) is 3. The Morgan fingerprint density at radius 3 is 2.59 bits per heavy atom. The van der Waals surface area contributed by atoms with Crippen LogP contribution < -0.4 is 10.6 Å². The Hall–Kier alpha value is -3.62. The van der Waals surface area contributed by atoms with Gasteiger partial charge in [0, 0.05) is 36.1 Å². The zero-order chi connectivity index (χ0) is 23.0. The lowest BCUT2D eigenvalue weighted by atomic mass is 10.1. The fraction of sp³-hybridized carbons (Fsp3) is 0.261. The van der Waals surface area contributed by atoms with Gasteiger partial charge in [-0.1, -0.05) is 12.1 Å². The maximum Gasteiger partial charge on any atom is 0.416 e. The van der Waals surface area contributed by atoms with Gasteiger partial charge < -0.3 is 10.6 Å². The zero-order valence-electron chi connectivity index (χ0n) is 17.4. The summed E-state index contributed by atoms with van der Waals surface area (Å²) in [6.45, 7) is 1.80. The van der Waals surface area contributed by atoms with Crippen LogP contribution in [0.3, 0.4) is 0 Å². The molecular weight excluding hydrogens is 421 g/mol. The average Bonchev–Trinajstić information content (AvgIpc) is 3.43. The van der Waals surface area contributed by atoms with Crippen LogP contribution in [0.2, 0.25) is 0 Å². The molecule has 2 N–H and O–H groups in total. The molecule has 0 radical (unpaired) electrons. The van der Waals surface area contributed by atoms with E-state index in [1.54, 1.807) is 29.9 Å². The van der Waals surface area contributed by atoms with Gasteiger partial charge in [0.1, 0.15) is 0 Å². The van der Waals surface area contributed by atoms with Gasteiger partial charge in [0.25, 0.3) is 5.91 Å². The minimum absolute atomic E-state index is 0.0354. The van der Waals surface area contributed by atoms with E-state index in [2.05, 4.69) is 15.7 Å². The first-order chi connectivity index (χ1) is 15.1. The highest BCUT2D eigenvalue weighted by Crippen LogP contribution is 2.48. The monoisotopic (exact) mass is 442 g/mol. The van der Waals surface area contributed by atoms with Crippen molar-refractivity contribution >= 4 is 23.2 Å². The molecule has 0 spiro atoms. The number of carbonyl (C=O) groups excluding carboxylic acids is 2. The van der Waals surface area contributed by atoms with Crippen molar-refractivity contribution < 1.29 is 22.8 Å². The van der Waals surface area contributed by atoms with Crippen molar-refractivity contribution in [3.05, 3.63) is 77.1 Å². The fourth-order valence-corrected chi connectivity index (χ4v) is 3.58. The first-order valence-electron chi connectivity index (χ1n) is 10.0. The van der Waals surface area contributed by atoms with E-state index >= 15 is 0 Å². The summed E-state index contributed by atoms with van der Waals surface area (Å²) in [6, 6.07) is 9.19. The third-order valence-corrected chi connectivity index (χ3v) is 5.49. The zero-order valence-corrected chi connectivity index (χ0v) is 17.4. The minimum Gasteiger partial charge on any atom is -0.326 e. The van der Waals surface area contributed by atoms with Crippen molar-refractivity contribution in [2.75, 3.05) is 10.6 Å². The quantitative estimate of drug-likeness (QED) is 0.599. The molecule has 0 saturated heterocycles. The first-order valence-corrected chi connectivity index (χ1v) is 10.0. The topological polar surface area (TPSA) is 76.0 Å². The number of carbonyl (C=O) groups is 2. The molecule has 1 aromatic heterocycles. The largest absolute Gasteiger partial charge is 0.416 e. The lowest BCUT2D eigenvalue weighted by Crippen LogP contribution is -2.17. The summed E-state index contributed by atoms with van der Waals surface area (Å²) >= 11 is 0. The van der Waals surface area contributed by atoms with Crippen molar-refractivity contribution in [3.8, 4) is 0 Å². The highest BCUT2D eigenvalue weighted by Gasteiger charge is 2.44. The Labute approximate surface area is 182 Å². The predicted molar refractivity (Wildman–Crippen MR) is 113 cm³/mol. The maximum atomic E-state index is 12.9. The Kier molecular flexibility index (Phi) is 5.50.